The Labute approximate surface area is 157 Å². The fourth-order valence-corrected chi connectivity index (χ4v) is 3.60. The molecule has 7 heteroatoms. The summed E-state index contributed by atoms with van der Waals surface area (Å²) in [6, 6.07) is 19.0. The van der Waals surface area contributed by atoms with E-state index in [2.05, 4.69) is 9.71 Å². The average Bonchev–Trinajstić information content (AvgIpc) is 2.66. The molecule has 1 heterocycles. The van der Waals surface area contributed by atoms with Gasteiger partial charge in [-0.05, 0) is 48.0 Å². The van der Waals surface area contributed by atoms with Crippen LogP contribution < -0.4 is 9.46 Å². The lowest BCUT2D eigenvalue weighted by molar-refractivity contribution is 0.301. The van der Waals surface area contributed by atoms with Gasteiger partial charge in [-0.25, -0.2) is 13.1 Å². The van der Waals surface area contributed by atoms with E-state index in [0.29, 0.717) is 17.4 Å². The molecule has 0 atom stereocenters. The molecule has 0 aliphatic rings. The molecule has 0 aliphatic carbocycles. The number of ether oxygens (including phenoxy) is 1. The van der Waals surface area contributed by atoms with Gasteiger partial charge in [0.05, 0.1) is 10.6 Å². The van der Waals surface area contributed by atoms with Crippen LogP contribution in [0.25, 0.3) is 0 Å². The average molecular weight is 389 g/mol. The highest BCUT2D eigenvalue weighted by Crippen LogP contribution is 2.17. The number of nitrogens with zero attached hydrogens (tertiary/aromatic N) is 1. The second-order valence-electron chi connectivity index (χ2n) is 5.54. The van der Waals surface area contributed by atoms with Crippen molar-refractivity contribution < 1.29 is 13.2 Å². The van der Waals surface area contributed by atoms with Crippen LogP contribution >= 0.6 is 11.6 Å². The minimum Gasteiger partial charge on any atom is -0.487 e. The van der Waals surface area contributed by atoms with Crippen LogP contribution in [0.4, 0.5) is 0 Å². The van der Waals surface area contributed by atoms with Crippen LogP contribution in [0.2, 0.25) is 5.02 Å². The molecular weight excluding hydrogens is 372 g/mol. The summed E-state index contributed by atoms with van der Waals surface area (Å²) < 4.78 is 33.0. The Balaban J connectivity index is 1.63. The summed E-state index contributed by atoms with van der Waals surface area (Å²) in [5.41, 5.74) is 1.61. The number of hydrogen-bond acceptors (Lipinski definition) is 4. The number of rotatable bonds is 7. The highest BCUT2D eigenvalue weighted by atomic mass is 35.5. The first kappa shape index (κ1) is 18.4. The maximum atomic E-state index is 12.3. The second-order valence-corrected chi connectivity index (χ2v) is 7.74. The van der Waals surface area contributed by atoms with E-state index in [-0.39, 0.29) is 11.4 Å². The van der Waals surface area contributed by atoms with Gasteiger partial charge in [0.2, 0.25) is 10.0 Å². The first-order valence-electron chi connectivity index (χ1n) is 7.90. The fraction of sp³-hybridized carbons (Fsp3) is 0.105. The minimum absolute atomic E-state index is 0.132. The van der Waals surface area contributed by atoms with Crippen molar-refractivity contribution in [3.05, 3.63) is 89.2 Å². The Morgan fingerprint density at radius 3 is 2.62 bits per heavy atom. The van der Waals surface area contributed by atoms with Gasteiger partial charge in [-0.2, -0.15) is 0 Å². The summed E-state index contributed by atoms with van der Waals surface area (Å²) in [4.78, 5) is 4.33. The van der Waals surface area contributed by atoms with Crippen LogP contribution in [0.3, 0.4) is 0 Å². The van der Waals surface area contributed by atoms with E-state index >= 15 is 0 Å². The molecule has 0 saturated carbocycles. The molecule has 0 radical (unpaired) electrons. The third-order valence-corrected chi connectivity index (χ3v) is 5.22. The first-order valence-corrected chi connectivity index (χ1v) is 9.76. The molecular formula is C19H17ClN2O3S. The van der Waals surface area contributed by atoms with E-state index < -0.39 is 10.0 Å². The molecule has 0 bridgehead atoms. The zero-order valence-corrected chi connectivity index (χ0v) is 15.4. The molecule has 0 fully saturated rings. The minimum atomic E-state index is -3.63. The lowest BCUT2D eigenvalue weighted by atomic mass is 10.2. The van der Waals surface area contributed by atoms with Crippen molar-refractivity contribution >= 4 is 21.6 Å². The summed E-state index contributed by atoms with van der Waals surface area (Å²) in [6.07, 6.45) is 1.71. The molecule has 1 N–H and O–H groups in total. The van der Waals surface area contributed by atoms with Gasteiger partial charge in [-0.15, -0.1) is 0 Å². The predicted octanol–water partition coefficient (Wildman–Crippen LogP) is 3.79. The maximum Gasteiger partial charge on any atom is 0.240 e. The van der Waals surface area contributed by atoms with Crippen LogP contribution in [0, 0.1) is 0 Å². The third-order valence-electron chi connectivity index (χ3n) is 3.58. The van der Waals surface area contributed by atoms with Crippen molar-refractivity contribution in [3.63, 3.8) is 0 Å². The highest BCUT2D eigenvalue weighted by Gasteiger charge is 2.14. The van der Waals surface area contributed by atoms with Crippen LogP contribution in [-0.2, 0) is 23.2 Å². The molecule has 5 nitrogen and oxygen atoms in total. The van der Waals surface area contributed by atoms with Crippen molar-refractivity contribution in [1.82, 2.24) is 9.71 Å². The number of aromatic nitrogens is 1. The monoisotopic (exact) mass is 388 g/mol. The van der Waals surface area contributed by atoms with Gasteiger partial charge in [0.1, 0.15) is 12.4 Å². The number of sulfonamides is 1. The molecule has 0 spiro atoms. The normalized spacial score (nSPS) is 11.3. The molecule has 0 aliphatic heterocycles. The van der Waals surface area contributed by atoms with E-state index in [1.54, 1.807) is 24.4 Å². The van der Waals surface area contributed by atoms with E-state index in [0.717, 1.165) is 11.3 Å². The number of hydrogen-bond donors (Lipinski definition) is 1. The SMILES string of the molecule is O=S(=O)(NCc1cccc(OCc2ccccn2)c1)c1cccc(Cl)c1. The molecule has 0 amide bonds. The Bertz CT molecular complexity index is 979. The van der Waals surface area contributed by atoms with Crippen LogP contribution in [-0.4, -0.2) is 13.4 Å². The molecule has 134 valence electrons. The standard InChI is InChI=1S/C19H17ClN2O3S/c20-16-6-4-9-19(12-16)26(23,24)22-13-15-5-3-8-18(11-15)25-14-17-7-1-2-10-21-17/h1-12,22H,13-14H2. The van der Waals surface area contributed by atoms with E-state index in [1.165, 1.54) is 12.1 Å². The maximum absolute atomic E-state index is 12.3. The van der Waals surface area contributed by atoms with Gasteiger partial charge < -0.3 is 4.74 Å². The number of pyridine rings is 1. The summed E-state index contributed by atoms with van der Waals surface area (Å²) in [7, 11) is -3.63. The van der Waals surface area contributed by atoms with Crippen LogP contribution in [0.1, 0.15) is 11.3 Å². The van der Waals surface area contributed by atoms with Crippen molar-refractivity contribution in [2.24, 2.45) is 0 Å². The van der Waals surface area contributed by atoms with Gasteiger partial charge in [0.25, 0.3) is 0 Å². The highest BCUT2D eigenvalue weighted by molar-refractivity contribution is 7.89. The van der Waals surface area contributed by atoms with Crippen molar-refractivity contribution in [2.75, 3.05) is 0 Å². The molecule has 0 unspecified atom stereocenters. The van der Waals surface area contributed by atoms with E-state index in [1.807, 2.05) is 36.4 Å². The summed E-state index contributed by atoms with van der Waals surface area (Å²) in [6.45, 7) is 0.494. The van der Waals surface area contributed by atoms with Crippen molar-refractivity contribution in [2.45, 2.75) is 18.0 Å². The van der Waals surface area contributed by atoms with Gasteiger partial charge >= 0.3 is 0 Å². The summed E-state index contributed by atoms with van der Waals surface area (Å²) in [5, 5.41) is 0.373. The zero-order valence-electron chi connectivity index (χ0n) is 13.8. The quantitative estimate of drug-likeness (QED) is 0.668. The first-order chi connectivity index (χ1) is 12.5. The fourth-order valence-electron chi connectivity index (χ4n) is 2.28. The molecule has 26 heavy (non-hydrogen) atoms. The molecule has 3 aromatic rings. The second kappa shape index (κ2) is 8.31. The molecule has 3 rings (SSSR count). The lowest BCUT2D eigenvalue weighted by Gasteiger charge is -2.10. The Morgan fingerprint density at radius 1 is 1.00 bits per heavy atom. The van der Waals surface area contributed by atoms with Crippen molar-refractivity contribution in [3.8, 4) is 5.75 Å². The Kier molecular flexibility index (Phi) is 5.88. The van der Waals surface area contributed by atoms with Gasteiger partial charge in [0, 0.05) is 17.8 Å². The molecule has 1 aromatic heterocycles. The van der Waals surface area contributed by atoms with Gasteiger partial charge in [-0.3, -0.25) is 4.98 Å². The van der Waals surface area contributed by atoms with E-state index in [4.69, 9.17) is 16.3 Å². The van der Waals surface area contributed by atoms with Crippen LogP contribution in [0.15, 0.2) is 77.8 Å². The number of halogens is 1. The van der Waals surface area contributed by atoms with Crippen LogP contribution in [0.5, 0.6) is 5.75 Å². The molecule has 0 saturated heterocycles. The third kappa shape index (κ3) is 5.05. The van der Waals surface area contributed by atoms with Crippen molar-refractivity contribution in [1.29, 1.82) is 0 Å². The lowest BCUT2D eigenvalue weighted by Crippen LogP contribution is -2.23. The number of nitrogens with one attached hydrogen (secondary N) is 1. The summed E-state index contributed by atoms with van der Waals surface area (Å²) in [5.74, 6) is 0.648. The Hall–Kier alpha value is -2.41. The van der Waals surface area contributed by atoms with Gasteiger partial charge in [0.15, 0.2) is 0 Å². The Morgan fingerprint density at radius 2 is 1.85 bits per heavy atom. The van der Waals surface area contributed by atoms with Gasteiger partial charge in [-0.1, -0.05) is 35.9 Å². The zero-order chi connectivity index (χ0) is 18.4. The topological polar surface area (TPSA) is 68.3 Å². The summed E-state index contributed by atoms with van der Waals surface area (Å²) >= 11 is 5.86. The molecule has 2 aromatic carbocycles. The van der Waals surface area contributed by atoms with E-state index in [9.17, 15) is 8.42 Å². The number of benzene rings is 2. The largest absolute Gasteiger partial charge is 0.487 e. The predicted molar refractivity (Wildman–Crippen MR) is 100 cm³/mol. The smallest absolute Gasteiger partial charge is 0.240 e.